The number of pyridine rings is 1. The Morgan fingerprint density at radius 3 is 2.88 bits per heavy atom. The highest BCUT2D eigenvalue weighted by atomic mass is 15.3. The molecular formula is C17H19N7. The Balaban J connectivity index is 1.67. The second-order valence-electron chi connectivity index (χ2n) is 5.99. The minimum Gasteiger partial charge on any atom is -0.362 e. The van der Waals surface area contributed by atoms with Gasteiger partial charge in [-0.3, -0.25) is 4.98 Å². The van der Waals surface area contributed by atoms with E-state index in [0.29, 0.717) is 6.54 Å². The molecule has 0 spiro atoms. The maximum atomic E-state index is 4.75. The average Bonchev–Trinajstić information content (AvgIpc) is 3.21. The number of nitrogens with one attached hydrogen (secondary N) is 1. The van der Waals surface area contributed by atoms with E-state index in [1.54, 1.807) is 12.4 Å². The summed E-state index contributed by atoms with van der Waals surface area (Å²) in [5, 5.41) is 11.7. The van der Waals surface area contributed by atoms with E-state index in [2.05, 4.69) is 20.5 Å². The van der Waals surface area contributed by atoms with Crippen LogP contribution >= 0.6 is 0 Å². The molecule has 122 valence electrons. The highest BCUT2D eigenvalue weighted by Gasteiger charge is 2.20. The van der Waals surface area contributed by atoms with E-state index in [4.69, 9.17) is 9.97 Å². The van der Waals surface area contributed by atoms with Gasteiger partial charge in [0.2, 0.25) is 0 Å². The number of anilines is 1. The van der Waals surface area contributed by atoms with E-state index in [0.717, 1.165) is 53.8 Å². The number of nitrogens with zero attached hydrogens (tertiary/aromatic N) is 6. The number of aryl methyl sites for hydroxylation is 2. The van der Waals surface area contributed by atoms with Gasteiger partial charge in [-0.1, -0.05) is 0 Å². The van der Waals surface area contributed by atoms with Crippen LogP contribution in [0.1, 0.15) is 29.3 Å². The normalized spacial score (nSPS) is 13.1. The van der Waals surface area contributed by atoms with Gasteiger partial charge in [0.15, 0.2) is 11.6 Å². The van der Waals surface area contributed by atoms with Crippen LogP contribution in [-0.2, 0) is 26.4 Å². The lowest BCUT2D eigenvalue weighted by Gasteiger charge is -2.12. The summed E-state index contributed by atoms with van der Waals surface area (Å²) >= 11 is 0. The Morgan fingerprint density at radius 1 is 1.21 bits per heavy atom. The minimum atomic E-state index is 0.591. The maximum absolute atomic E-state index is 4.75. The molecule has 0 aromatic carbocycles. The zero-order valence-electron chi connectivity index (χ0n) is 13.8. The Bertz CT molecular complexity index is 870. The molecular weight excluding hydrogens is 302 g/mol. The molecule has 0 amide bonds. The predicted octanol–water partition coefficient (Wildman–Crippen LogP) is 2.08. The van der Waals surface area contributed by atoms with Crippen molar-refractivity contribution in [2.24, 2.45) is 7.05 Å². The van der Waals surface area contributed by atoms with E-state index >= 15 is 0 Å². The molecule has 0 saturated carbocycles. The first-order chi connectivity index (χ1) is 11.7. The fraction of sp³-hybridized carbons (Fsp3) is 0.353. The first-order valence-electron chi connectivity index (χ1n) is 8.11. The first-order valence-corrected chi connectivity index (χ1v) is 8.11. The number of aromatic nitrogens is 6. The summed E-state index contributed by atoms with van der Waals surface area (Å²) in [6.07, 6.45) is 6.70. The highest BCUT2D eigenvalue weighted by molar-refractivity contribution is 5.59. The van der Waals surface area contributed by atoms with E-state index in [9.17, 15) is 0 Å². The van der Waals surface area contributed by atoms with Gasteiger partial charge < -0.3 is 9.88 Å². The average molecular weight is 321 g/mol. The van der Waals surface area contributed by atoms with Crippen molar-refractivity contribution >= 4 is 5.82 Å². The van der Waals surface area contributed by atoms with Gasteiger partial charge >= 0.3 is 0 Å². The molecule has 0 saturated heterocycles. The lowest BCUT2D eigenvalue weighted by atomic mass is 10.2. The molecule has 1 aliphatic carbocycles. The zero-order chi connectivity index (χ0) is 16.5. The SMILES string of the molecule is Cc1nnc(CNc2nc(-c3cccnc3)nc3c2CCC3)n1C. The van der Waals surface area contributed by atoms with Crippen LogP contribution in [0.4, 0.5) is 5.82 Å². The molecule has 0 radical (unpaired) electrons. The lowest BCUT2D eigenvalue weighted by Crippen LogP contribution is -2.11. The standard InChI is InChI=1S/C17H19N7/c1-11-22-23-15(24(11)2)10-19-17-13-6-3-7-14(13)20-16(21-17)12-5-4-8-18-9-12/h4-5,8-9H,3,6-7,10H2,1-2H3,(H,19,20,21). The Morgan fingerprint density at radius 2 is 2.12 bits per heavy atom. The van der Waals surface area contributed by atoms with Crippen molar-refractivity contribution in [2.45, 2.75) is 32.7 Å². The lowest BCUT2D eigenvalue weighted by molar-refractivity contribution is 0.786. The van der Waals surface area contributed by atoms with Gasteiger partial charge in [-0.25, -0.2) is 9.97 Å². The van der Waals surface area contributed by atoms with Crippen LogP contribution in [0.2, 0.25) is 0 Å². The topological polar surface area (TPSA) is 81.4 Å². The van der Waals surface area contributed by atoms with Gasteiger partial charge in [-0.2, -0.15) is 0 Å². The molecule has 24 heavy (non-hydrogen) atoms. The third-order valence-electron chi connectivity index (χ3n) is 4.45. The van der Waals surface area contributed by atoms with Crippen molar-refractivity contribution in [1.82, 2.24) is 29.7 Å². The van der Waals surface area contributed by atoms with Crippen LogP contribution in [0.5, 0.6) is 0 Å². The zero-order valence-corrected chi connectivity index (χ0v) is 13.8. The summed E-state index contributed by atoms with van der Waals surface area (Å²) in [7, 11) is 1.97. The summed E-state index contributed by atoms with van der Waals surface area (Å²) in [6, 6.07) is 3.89. The molecule has 3 aromatic rings. The van der Waals surface area contributed by atoms with Crippen molar-refractivity contribution in [2.75, 3.05) is 5.32 Å². The second kappa shape index (κ2) is 5.99. The van der Waals surface area contributed by atoms with Crippen LogP contribution in [-0.4, -0.2) is 29.7 Å². The number of hydrogen-bond donors (Lipinski definition) is 1. The summed E-state index contributed by atoms with van der Waals surface area (Å²) in [5.74, 6) is 3.41. The fourth-order valence-corrected chi connectivity index (χ4v) is 2.97. The predicted molar refractivity (Wildman–Crippen MR) is 90.4 cm³/mol. The molecule has 3 aromatic heterocycles. The third-order valence-corrected chi connectivity index (χ3v) is 4.45. The molecule has 0 fully saturated rings. The van der Waals surface area contributed by atoms with Crippen molar-refractivity contribution < 1.29 is 0 Å². The van der Waals surface area contributed by atoms with E-state index in [1.807, 2.05) is 30.7 Å². The monoisotopic (exact) mass is 321 g/mol. The Labute approximate surface area is 140 Å². The van der Waals surface area contributed by atoms with Gasteiger partial charge in [-0.05, 0) is 38.3 Å². The Kier molecular flexibility index (Phi) is 3.68. The van der Waals surface area contributed by atoms with Gasteiger partial charge in [0.05, 0.1) is 6.54 Å². The van der Waals surface area contributed by atoms with Crippen LogP contribution in [0, 0.1) is 6.92 Å². The molecule has 0 aliphatic heterocycles. The number of fused-ring (bicyclic) bond motifs is 1. The van der Waals surface area contributed by atoms with Crippen molar-refractivity contribution in [3.05, 3.63) is 47.4 Å². The number of rotatable bonds is 4. The second-order valence-corrected chi connectivity index (χ2v) is 5.99. The van der Waals surface area contributed by atoms with Gasteiger partial charge in [-0.15, -0.1) is 10.2 Å². The maximum Gasteiger partial charge on any atom is 0.163 e. The largest absolute Gasteiger partial charge is 0.362 e. The van der Waals surface area contributed by atoms with Crippen LogP contribution < -0.4 is 5.32 Å². The van der Waals surface area contributed by atoms with Crippen LogP contribution in [0.3, 0.4) is 0 Å². The van der Waals surface area contributed by atoms with E-state index in [1.165, 1.54) is 5.56 Å². The van der Waals surface area contributed by atoms with Gasteiger partial charge in [0.1, 0.15) is 11.6 Å². The van der Waals surface area contributed by atoms with Gasteiger partial charge in [0, 0.05) is 36.3 Å². The summed E-state index contributed by atoms with van der Waals surface area (Å²) in [6.45, 7) is 2.53. The van der Waals surface area contributed by atoms with Crippen LogP contribution in [0.15, 0.2) is 24.5 Å². The van der Waals surface area contributed by atoms with Crippen molar-refractivity contribution in [1.29, 1.82) is 0 Å². The molecule has 4 rings (SSSR count). The van der Waals surface area contributed by atoms with Crippen molar-refractivity contribution in [3.8, 4) is 11.4 Å². The van der Waals surface area contributed by atoms with E-state index in [-0.39, 0.29) is 0 Å². The molecule has 1 aliphatic rings. The smallest absolute Gasteiger partial charge is 0.163 e. The fourth-order valence-electron chi connectivity index (χ4n) is 2.97. The van der Waals surface area contributed by atoms with Gasteiger partial charge in [0.25, 0.3) is 0 Å². The molecule has 0 unspecified atom stereocenters. The quantitative estimate of drug-likeness (QED) is 0.792. The van der Waals surface area contributed by atoms with Crippen LogP contribution in [0.25, 0.3) is 11.4 Å². The van der Waals surface area contributed by atoms with E-state index < -0.39 is 0 Å². The third kappa shape index (κ3) is 2.62. The van der Waals surface area contributed by atoms with Crippen molar-refractivity contribution in [3.63, 3.8) is 0 Å². The molecule has 3 heterocycles. The molecule has 1 N–H and O–H groups in total. The molecule has 0 atom stereocenters. The first kappa shape index (κ1) is 14.7. The summed E-state index contributed by atoms with van der Waals surface area (Å²) in [5.41, 5.74) is 3.30. The molecule has 7 nitrogen and oxygen atoms in total. The Hall–Kier alpha value is -2.83. The molecule has 7 heteroatoms. The minimum absolute atomic E-state index is 0.591. The summed E-state index contributed by atoms with van der Waals surface area (Å²) < 4.78 is 1.98. The highest BCUT2D eigenvalue weighted by Crippen LogP contribution is 2.29. The molecule has 0 bridgehead atoms. The summed E-state index contributed by atoms with van der Waals surface area (Å²) in [4.78, 5) is 13.7. The number of hydrogen-bond acceptors (Lipinski definition) is 6.